The Kier molecular flexibility index (Phi) is 6.58. The summed E-state index contributed by atoms with van der Waals surface area (Å²) in [6, 6.07) is 14.3. The van der Waals surface area contributed by atoms with E-state index in [4.69, 9.17) is 0 Å². The highest BCUT2D eigenvalue weighted by atomic mass is 79.9. The van der Waals surface area contributed by atoms with Gasteiger partial charge in [0.1, 0.15) is 0 Å². The van der Waals surface area contributed by atoms with Crippen LogP contribution in [0.25, 0.3) is 0 Å². The molecule has 0 radical (unpaired) electrons. The number of hydrogen-bond acceptors (Lipinski definition) is 6. The van der Waals surface area contributed by atoms with E-state index in [0.717, 1.165) is 4.47 Å². The molecule has 0 aliphatic rings. The first kappa shape index (κ1) is 19.2. The molecule has 1 amide bonds. The van der Waals surface area contributed by atoms with E-state index in [1.807, 2.05) is 18.2 Å². The number of carbonyl (C=O) groups is 2. The second-order valence-corrected chi connectivity index (χ2v) is 9.00. The van der Waals surface area contributed by atoms with Gasteiger partial charge in [-0.05, 0) is 40.2 Å². The molecule has 0 saturated heterocycles. The molecular formula is C17H11Br2N3O2S2. The van der Waals surface area contributed by atoms with Crippen LogP contribution in [0, 0.1) is 0 Å². The molecule has 0 atom stereocenters. The topological polar surface area (TPSA) is 72.0 Å². The predicted octanol–water partition coefficient (Wildman–Crippen LogP) is 5.29. The number of aromatic nitrogens is 2. The number of ketones is 1. The molecular weight excluding hydrogens is 502 g/mol. The van der Waals surface area contributed by atoms with Gasteiger partial charge in [0.15, 0.2) is 10.1 Å². The molecule has 3 aromatic rings. The summed E-state index contributed by atoms with van der Waals surface area (Å²) in [5.74, 6) is 0.00154. The van der Waals surface area contributed by atoms with Crippen molar-refractivity contribution < 1.29 is 9.59 Å². The summed E-state index contributed by atoms with van der Waals surface area (Å²) in [6.45, 7) is 0. The number of amides is 1. The zero-order valence-corrected chi connectivity index (χ0v) is 17.9. The molecule has 132 valence electrons. The first-order chi connectivity index (χ1) is 12.5. The number of rotatable bonds is 6. The van der Waals surface area contributed by atoms with Gasteiger partial charge in [0, 0.05) is 14.5 Å². The third-order valence-electron chi connectivity index (χ3n) is 3.24. The van der Waals surface area contributed by atoms with E-state index in [1.165, 1.54) is 23.1 Å². The summed E-state index contributed by atoms with van der Waals surface area (Å²) in [5, 5.41) is 11.1. The molecule has 1 aromatic heterocycles. The fourth-order valence-corrected chi connectivity index (χ4v) is 4.35. The Labute approximate surface area is 174 Å². The van der Waals surface area contributed by atoms with Crippen LogP contribution in [0.3, 0.4) is 0 Å². The van der Waals surface area contributed by atoms with Crippen LogP contribution in [0.5, 0.6) is 0 Å². The standard InChI is InChI=1S/C17H11Br2N3O2S2/c18-11-7-5-10(6-8-11)14(23)9-25-17-22-21-16(26-17)20-15(24)12-3-1-2-4-13(12)19/h1-8H,9H2,(H,20,21,24). The average molecular weight is 513 g/mol. The van der Waals surface area contributed by atoms with E-state index in [9.17, 15) is 9.59 Å². The van der Waals surface area contributed by atoms with Gasteiger partial charge in [0.25, 0.3) is 5.91 Å². The predicted molar refractivity (Wildman–Crippen MR) is 111 cm³/mol. The second-order valence-electron chi connectivity index (χ2n) is 5.03. The molecule has 3 rings (SSSR count). The minimum atomic E-state index is -0.267. The summed E-state index contributed by atoms with van der Waals surface area (Å²) in [5.41, 5.74) is 1.16. The second kappa shape index (κ2) is 8.90. The van der Waals surface area contributed by atoms with Crippen molar-refractivity contribution in [3.05, 3.63) is 68.6 Å². The minimum Gasteiger partial charge on any atom is -0.296 e. The third-order valence-corrected chi connectivity index (χ3v) is 6.43. The number of Topliss-reactive ketones (excluding diaryl/α,β-unsaturated/α-hetero) is 1. The molecule has 0 aliphatic carbocycles. The number of halogens is 2. The highest BCUT2D eigenvalue weighted by Gasteiger charge is 2.14. The first-order valence-corrected chi connectivity index (χ1v) is 10.7. The average Bonchev–Trinajstić information content (AvgIpc) is 3.08. The Morgan fingerprint density at radius 2 is 1.77 bits per heavy atom. The number of nitrogens with zero attached hydrogens (tertiary/aromatic N) is 2. The van der Waals surface area contributed by atoms with Crippen LogP contribution >= 0.6 is 55.0 Å². The van der Waals surface area contributed by atoms with E-state index in [2.05, 4.69) is 47.4 Å². The maximum absolute atomic E-state index is 12.3. The molecule has 0 fully saturated rings. The van der Waals surface area contributed by atoms with Gasteiger partial charge >= 0.3 is 0 Å². The molecule has 0 bridgehead atoms. The number of benzene rings is 2. The quantitative estimate of drug-likeness (QED) is 0.276. The lowest BCUT2D eigenvalue weighted by Crippen LogP contribution is -2.12. The normalized spacial score (nSPS) is 10.5. The lowest BCUT2D eigenvalue weighted by Gasteiger charge is -2.02. The number of carbonyl (C=O) groups excluding carboxylic acids is 2. The highest BCUT2D eigenvalue weighted by Crippen LogP contribution is 2.27. The van der Waals surface area contributed by atoms with Crippen LogP contribution in [0.15, 0.2) is 61.8 Å². The van der Waals surface area contributed by atoms with Crippen LogP contribution < -0.4 is 5.32 Å². The van der Waals surface area contributed by atoms with E-state index in [1.54, 1.807) is 30.3 Å². The Morgan fingerprint density at radius 1 is 1.04 bits per heavy atom. The van der Waals surface area contributed by atoms with Crippen LogP contribution in [0.1, 0.15) is 20.7 Å². The van der Waals surface area contributed by atoms with Crippen molar-refractivity contribution in [1.82, 2.24) is 10.2 Å². The van der Waals surface area contributed by atoms with Gasteiger partial charge in [-0.2, -0.15) is 0 Å². The molecule has 26 heavy (non-hydrogen) atoms. The molecule has 2 aromatic carbocycles. The lowest BCUT2D eigenvalue weighted by atomic mass is 10.2. The molecule has 5 nitrogen and oxygen atoms in total. The Bertz CT molecular complexity index is 945. The molecule has 1 heterocycles. The van der Waals surface area contributed by atoms with Gasteiger partial charge < -0.3 is 0 Å². The third kappa shape index (κ3) is 5.00. The van der Waals surface area contributed by atoms with E-state index < -0.39 is 0 Å². The maximum atomic E-state index is 12.3. The molecule has 0 spiro atoms. The summed E-state index contributed by atoms with van der Waals surface area (Å²) in [7, 11) is 0. The Balaban J connectivity index is 1.58. The summed E-state index contributed by atoms with van der Waals surface area (Å²) >= 11 is 9.22. The number of thioether (sulfide) groups is 1. The Hall–Kier alpha value is -1.55. The molecule has 0 saturated carbocycles. The van der Waals surface area contributed by atoms with Crippen molar-refractivity contribution in [2.75, 3.05) is 11.1 Å². The smallest absolute Gasteiger partial charge is 0.258 e. The van der Waals surface area contributed by atoms with Crippen LogP contribution in [0.4, 0.5) is 5.13 Å². The van der Waals surface area contributed by atoms with Crippen molar-refractivity contribution in [2.24, 2.45) is 0 Å². The zero-order chi connectivity index (χ0) is 18.5. The van der Waals surface area contributed by atoms with Crippen molar-refractivity contribution in [2.45, 2.75) is 4.34 Å². The largest absolute Gasteiger partial charge is 0.296 e. The fraction of sp³-hybridized carbons (Fsp3) is 0.0588. The van der Waals surface area contributed by atoms with Gasteiger partial charge in [-0.3, -0.25) is 14.9 Å². The number of anilines is 1. The fourth-order valence-electron chi connectivity index (χ4n) is 1.97. The van der Waals surface area contributed by atoms with Gasteiger partial charge in [0.2, 0.25) is 5.13 Å². The first-order valence-electron chi connectivity index (χ1n) is 7.34. The monoisotopic (exact) mass is 511 g/mol. The molecule has 0 unspecified atom stereocenters. The van der Waals surface area contributed by atoms with Crippen molar-refractivity contribution in [1.29, 1.82) is 0 Å². The van der Waals surface area contributed by atoms with Gasteiger partial charge in [-0.25, -0.2) is 0 Å². The highest BCUT2D eigenvalue weighted by molar-refractivity contribution is 9.10. The van der Waals surface area contributed by atoms with E-state index in [-0.39, 0.29) is 17.4 Å². The summed E-state index contributed by atoms with van der Waals surface area (Å²) in [6.07, 6.45) is 0. The van der Waals surface area contributed by atoms with E-state index in [0.29, 0.717) is 25.1 Å². The van der Waals surface area contributed by atoms with E-state index >= 15 is 0 Å². The summed E-state index contributed by atoms with van der Waals surface area (Å²) < 4.78 is 2.26. The molecule has 9 heteroatoms. The SMILES string of the molecule is O=C(CSc1nnc(NC(=O)c2ccccc2Br)s1)c1ccc(Br)cc1. The molecule has 1 N–H and O–H groups in total. The van der Waals surface area contributed by atoms with Crippen molar-refractivity contribution in [3.63, 3.8) is 0 Å². The number of hydrogen-bond donors (Lipinski definition) is 1. The van der Waals surface area contributed by atoms with Crippen LogP contribution in [-0.2, 0) is 0 Å². The minimum absolute atomic E-state index is 0.0106. The lowest BCUT2D eigenvalue weighted by molar-refractivity contribution is 0.101. The zero-order valence-electron chi connectivity index (χ0n) is 13.1. The van der Waals surface area contributed by atoms with Crippen LogP contribution in [0.2, 0.25) is 0 Å². The van der Waals surface area contributed by atoms with Crippen molar-refractivity contribution >= 4 is 71.8 Å². The number of nitrogens with one attached hydrogen (secondary N) is 1. The molecule has 0 aliphatic heterocycles. The Morgan fingerprint density at radius 3 is 2.50 bits per heavy atom. The van der Waals surface area contributed by atoms with Crippen molar-refractivity contribution in [3.8, 4) is 0 Å². The van der Waals surface area contributed by atoms with Crippen LogP contribution in [-0.4, -0.2) is 27.6 Å². The van der Waals surface area contributed by atoms with Gasteiger partial charge in [-0.1, -0.05) is 63.3 Å². The van der Waals surface area contributed by atoms with Gasteiger partial charge in [0.05, 0.1) is 11.3 Å². The maximum Gasteiger partial charge on any atom is 0.258 e. The van der Waals surface area contributed by atoms with Gasteiger partial charge in [-0.15, -0.1) is 10.2 Å². The summed E-state index contributed by atoms with van der Waals surface area (Å²) in [4.78, 5) is 24.4.